The summed E-state index contributed by atoms with van der Waals surface area (Å²) in [4.78, 5) is 27.9. The van der Waals surface area contributed by atoms with Crippen LogP contribution in [0.5, 0.6) is 11.5 Å². The van der Waals surface area contributed by atoms with Crippen LogP contribution in [0.4, 0.5) is 0 Å². The summed E-state index contributed by atoms with van der Waals surface area (Å²) in [6, 6.07) is 15.2. The molecule has 6 heteroatoms. The largest absolute Gasteiger partial charge is 0.490 e. The summed E-state index contributed by atoms with van der Waals surface area (Å²) in [6.07, 6.45) is 1.56. The molecule has 0 radical (unpaired) electrons. The Hall–Kier alpha value is -3.02. The van der Waals surface area contributed by atoms with E-state index in [0.29, 0.717) is 50.5 Å². The van der Waals surface area contributed by atoms with Crippen LogP contribution in [-0.2, 0) is 22.4 Å². The highest BCUT2D eigenvalue weighted by atomic mass is 16.5. The number of nitrogens with zero attached hydrogens (tertiary/aromatic N) is 1. The third-order valence-corrected chi connectivity index (χ3v) is 5.39. The third-order valence-electron chi connectivity index (χ3n) is 5.39. The maximum absolute atomic E-state index is 13.3. The molecule has 1 atom stereocenters. The lowest BCUT2D eigenvalue weighted by atomic mass is 10.1. The van der Waals surface area contributed by atoms with E-state index in [9.17, 15) is 9.59 Å². The summed E-state index contributed by atoms with van der Waals surface area (Å²) in [6.45, 7) is 13.1. The Labute approximate surface area is 204 Å². The van der Waals surface area contributed by atoms with Gasteiger partial charge in [0.25, 0.3) is 0 Å². The van der Waals surface area contributed by atoms with Crippen molar-refractivity contribution >= 4 is 11.8 Å². The molecule has 1 unspecified atom stereocenters. The van der Waals surface area contributed by atoms with Gasteiger partial charge in [0, 0.05) is 18.5 Å². The summed E-state index contributed by atoms with van der Waals surface area (Å²) in [5, 5.41) is 3.00. The van der Waals surface area contributed by atoms with Gasteiger partial charge in [-0.2, -0.15) is 0 Å². The number of rotatable bonds is 12. The van der Waals surface area contributed by atoms with Crippen molar-refractivity contribution in [2.45, 2.75) is 72.4 Å². The van der Waals surface area contributed by atoms with Crippen LogP contribution in [0.3, 0.4) is 0 Å². The van der Waals surface area contributed by atoms with Crippen molar-refractivity contribution in [3.63, 3.8) is 0 Å². The fraction of sp³-hybridized carbons (Fsp3) is 0.500. The van der Waals surface area contributed by atoms with Gasteiger partial charge in [0.15, 0.2) is 11.5 Å². The van der Waals surface area contributed by atoms with Crippen LogP contribution in [0, 0.1) is 0 Å². The number of hydrogen-bond acceptors (Lipinski definition) is 4. The van der Waals surface area contributed by atoms with Crippen LogP contribution in [0.15, 0.2) is 48.5 Å². The standard InChI is InChI=1S/C28H40N2O4/c1-7-33-24-16-14-23(20-25(24)34-8-2)15-17-26(31)30(19-18-22-12-10-9-11-13-22)21(3)27(32)29-28(4,5)6/h9-14,16,20-21H,7-8,15,17-19H2,1-6H3,(H,29,32). The molecule has 0 saturated heterocycles. The van der Waals surface area contributed by atoms with E-state index in [-0.39, 0.29) is 17.4 Å². The van der Waals surface area contributed by atoms with Crippen LogP contribution in [0.25, 0.3) is 0 Å². The first-order valence-corrected chi connectivity index (χ1v) is 12.2. The number of carbonyl (C=O) groups is 2. The Morgan fingerprint density at radius 3 is 2.18 bits per heavy atom. The number of ether oxygens (including phenoxy) is 2. The van der Waals surface area contributed by atoms with E-state index in [0.717, 1.165) is 11.1 Å². The number of hydrogen-bond donors (Lipinski definition) is 1. The molecule has 2 aromatic rings. The Morgan fingerprint density at radius 2 is 1.56 bits per heavy atom. The summed E-state index contributed by atoms with van der Waals surface area (Å²) in [5.74, 6) is 1.21. The van der Waals surface area contributed by atoms with Crippen molar-refractivity contribution in [1.82, 2.24) is 10.2 Å². The Kier molecular flexibility index (Phi) is 10.4. The SMILES string of the molecule is CCOc1ccc(CCC(=O)N(CCc2ccccc2)C(C)C(=O)NC(C)(C)C)cc1OCC. The fourth-order valence-corrected chi connectivity index (χ4v) is 3.69. The average Bonchev–Trinajstić information content (AvgIpc) is 2.79. The van der Waals surface area contributed by atoms with Gasteiger partial charge >= 0.3 is 0 Å². The van der Waals surface area contributed by atoms with Crippen molar-refractivity contribution in [2.24, 2.45) is 0 Å². The smallest absolute Gasteiger partial charge is 0.242 e. The minimum atomic E-state index is -0.560. The lowest BCUT2D eigenvalue weighted by molar-refractivity contribution is -0.140. The molecule has 0 aromatic heterocycles. The molecule has 0 spiro atoms. The summed E-state index contributed by atoms with van der Waals surface area (Å²) in [5.41, 5.74) is 1.77. The second-order valence-electron chi connectivity index (χ2n) is 9.39. The van der Waals surface area contributed by atoms with E-state index in [1.165, 1.54) is 0 Å². The van der Waals surface area contributed by atoms with Crippen LogP contribution in [0.2, 0.25) is 0 Å². The van der Waals surface area contributed by atoms with Crippen LogP contribution < -0.4 is 14.8 Å². The molecule has 0 fully saturated rings. The second kappa shape index (κ2) is 13.0. The first-order valence-electron chi connectivity index (χ1n) is 12.2. The second-order valence-corrected chi connectivity index (χ2v) is 9.39. The number of nitrogens with one attached hydrogen (secondary N) is 1. The van der Waals surface area contributed by atoms with E-state index in [1.807, 2.05) is 83.1 Å². The molecule has 0 aliphatic carbocycles. The summed E-state index contributed by atoms with van der Waals surface area (Å²) < 4.78 is 11.4. The van der Waals surface area contributed by atoms with Gasteiger partial charge in [-0.05, 0) is 77.6 Å². The van der Waals surface area contributed by atoms with Crippen LogP contribution in [0.1, 0.15) is 59.1 Å². The summed E-state index contributed by atoms with van der Waals surface area (Å²) >= 11 is 0. The number of amides is 2. The van der Waals surface area contributed by atoms with Gasteiger partial charge in [-0.3, -0.25) is 9.59 Å². The molecule has 0 aliphatic heterocycles. The number of benzene rings is 2. The van der Waals surface area contributed by atoms with Gasteiger partial charge in [-0.15, -0.1) is 0 Å². The van der Waals surface area contributed by atoms with Crippen molar-refractivity contribution in [2.75, 3.05) is 19.8 Å². The lowest BCUT2D eigenvalue weighted by Gasteiger charge is -2.31. The fourth-order valence-electron chi connectivity index (χ4n) is 3.69. The monoisotopic (exact) mass is 468 g/mol. The molecule has 0 heterocycles. The Balaban J connectivity index is 2.13. The van der Waals surface area contributed by atoms with E-state index in [2.05, 4.69) is 5.32 Å². The molecule has 34 heavy (non-hydrogen) atoms. The highest BCUT2D eigenvalue weighted by molar-refractivity contribution is 5.87. The summed E-state index contributed by atoms with van der Waals surface area (Å²) in [7, 11) is 0. The average molecular weight is 469 g/mol. The third kappa shape index (κ3) is 8.73. The van der Waals surface area contributed by atoms with Crippen molar-refractivity contribution < 1.29 is 19.1 Å². The zero-order valence-corrected chi connectivity index (χ0v) is 21.5. The quantitative estimate of drug-likeness (QED) is 0.486. The molecule has 0 bridgehead atoms. The van der Waals surface area contributed by atoms with E-state index >= 15 is 0 Å². The number of aryl methyl sites for hydroxylation is 1. The lowest BCUT2D eigenvalue weighted by Crippen LogP contribution is -2.53. The number of carbonyl (C=O) groups excluding carboxylic acids is 2. The van der Waals surface area contributed by atoms with E-state index in [1.54, 1.807) is 11.8 Å². The molecular weight excluding hydrogens is 428 g/mol. The molecule has 1 N–H and O–H groups in total. The Morgan fingerprint density at radius 1 is 0.912 bits per heavy atom. The molecule has 2 aromatic carbocycles. The first-order chi connectivity index (χ1) is 16.1. The van der Waals surface area contributed by atoms with Crippen molar-refractivity contribution in [1.29, 1.82) is 0 Å². The van der Waals surface area contributed by atoms with E-state index in [4.69, 9.17) is 9.47 Å². The maximum atomic E-state index is 13.3. The predicted molar refractivity (Wildman–Crippen MR) is 136 cm³/mol. The molecule has 6 nitrogen and oxygen atoms in total. The molecular formula is C28H40N2O4. The predicted octanol–water partition coefficient (Wildman–Crippen LogP) is 4.79. The van der Waals surface area contributed by atoms with Crippen molar-refractivity contribution in [3.8, 4) is 11.5 Å². The van der Waals surface area contributed by atoms with Gasteiger partial charge in [0.05, 0.1) is 13.2 Å². The topological polar surface area (TPSA) is 67.9 Å². The molecule has 2 amide bonds. The van der Waals surface area contributed by atoms with Gasteiger partial charge in [0.2, 0.25) is 11.8 Å². The minimum Gasteiger partial charge on any atom is -0.490 e. The highest BCUT2D eigenvalue weighted by Gasteiger charge is 2.27. The van der Waals surface area contributed by atoms with Crippen LogP contribution >= 0.6 is 0 Å². The van der Waals surface area contributed by atoms with Gasteiger partial charge in [-0.25, -0.2) is 0 Å². The Bertz CT molecular complexity index is 922. The van der Waals surface area contributed by atoms with Crippen molar-refractivity contribution in [3.05, 3.63) is 59.7 Å². The molecule has 186 valence electrons. The molecule has 2 rings (SSSR count). The van der Waals surface area contributed by atoms with Gasteiger partial charge < -0.3 is 19.7 Å². The minimum absolute atomic E-state index is 0.0423. The highest BCUT2D eigenvalue weighted by Crippen LogP contribution is 2.29. The zero-order valence-electron chi connectivity index (χ0n) is 21.5. The molecule has 0 aliphatic rings. The first kappa shape index (κ1) is 27.2. The van der Waals surface area contributed by atoms with Gasteiger partial charge in [-0.1, -0.05) is 36.4 Å². The van der Waals surface area contributed by atoms with E-state index < -0.39 is 6.04 Å². The normalized spacial score (nSPS) is 12.1. The van der Waals surface area contributed by atoms with Gasteiger partial charge in [0.1, 0.15) is 6.04 Å². The maximum Gasteiger partial charge on any atom is 0.242 e. The van der Waals surface area contributed by atoms with Crippen LogP contribution in [-0.4, -0.2) is 48.1 Å². The molecule has 0 saturated carbocycles. The zero-order chi connectivity index (χ0) is 25.1.